The Morgan fingerprint density at radius 3 is 3.00 bits per heavy atom. The molecule has 13 heavy (non-hydrogen) atoms. The molecule has 0 aromatic carbocycles. The van der Waals surface area contributed by atoms with Crippen molar-refractivity contribution in [2.75, 3.05) is 14.1 Å². The zero-order chi connectivity index (χ0) is 9.26. The Morgan fingerprint density at radius 1 is 1.46 bits per heavy atom. The maximum atomic E-state index is 5.60. The van der Waals surface area contributed by atoms with Gasteiger partial charge in [-0.25, -0.2) is 0 Å². The molecular formula is C10H12N2O. The van der Waals surface area contributed by atoms with Crippen LogP contribution < -0.4 is 0 Å². The number of fused-ring (bicyclic) bond motifs is 1. The van der Waals surface area contributed by atoms with Crippen LogP contribution in [0.4, 0.5) is 0 Å². The molecule has 68 valence electrons. The second-order valence-electron chi connectivity index (χ2n) is 3.36. The summed E-state index contributed by atoms with van der Waals surface area (Å²) < 4.78 is 5.60. The molecule has 0 fully saturated rings. The van der Waals surface area contributed by atoms with Crippen molar-refractivity contribution in [2.24, 2.45) is 0 Å². The van der Waals surface area contributed by atoms with Crippen LogP contribution in [0, 0.1) is 0 Å². The monoisotopic (exact) mass is 176 g/mol. The highest BCUT2D eigenvalue weighted by Crippen LogP contribution is 2.18. The lowest BCUT2D eigenvalue weighted by Crippen LogP contribution is -2.09. The summed E-state index contributed by atoms with van der Waals surface area (Å²) >= 11 is 0. The maximum Gasteiger partial charge on any atom is 0.137 e. The minimum atomic E-state index is 0.828. The minimum absolute atomic E-state index is 0.828. The van der Waals surface area contributed by atoms with Crippen molar-refractivity contribution >= 4 is 11.0 Å². The summed E-state index contributed by atoms with van der Waals surface area (Å²) in [6.45, 7) is 0.828. The predicted octanol–water partition coefficient (Wildman–Crippen LogP) is 1.89. The Bertz CT molecular complexity index is 373. The fourth-order valence-electron chi connectivity index (χ4n) is 1.33. The van der Waals surface area contributed by atoms with E-state index < -0.39 is 0 Å². The maximum absolute atomic E-state index is 5.60. The molecule has 0 radical (unpaired) electrons. The van der Waals surface area contributed by atoms with Crippen molar-refractivity contribution in [3.63, 3.8) is 0 Å². The highest BCUT2D eigenvalue weighted by Gasteiger charge is 2.03. The van der Waals surface area contributed by atoms with Crippen LogP contribution in [0.5, 0.6) is 0 Å². The van der Waals surface area contributed by atoms with Gasteiger partial charge in [0.05, 0.1) is 6.54 Å². The van der Waals surface area contributed by atoms with E-state index in [1.165, 1.54) is 0 Å². The number of hydrogen-bond acceptors (Lipinski definition) is 3. The average Bonchev–Trinajstić information content (AvgIpc) is 2.44. The molecule has 0 saturated heterocycles. The molecule has 0 saturated carbocycles. The molecule has 0 amide bonds. The van der Waals surface area contributed by atoms with Crippen LogP contribution in [-0.4, -0.2) is 24.0 Å². The first-order valence-electron chi connectivity index (χ1n) is 4.23. The molecule has 0 spiro atoms. The molecule has 3 heteroatoms. The van der Waals surface area contributed by atoms with E-state index in [0.717, 1.165) is 23.3 Å². The number of pyridine rings is 1. The van der Waals surface area contributed by atoms with Gasteiger partial charge in [-0.2, -0.15) is 0 Å². The van der Waals surface area contributed by atoms with Crippen molar-refractivity contribution in [3.8, 4) is 0 Å². The molecule has 2 heterocycles. The van der Waals surface area contributed by atoms with Crippen molar-refractivity contribution in [2.45, 2.75) is 6.54 Å². The first-order chi connectivity index (χ1) is 6.25. The minimum Gasteiger partial charge on any atom is -0.460 e. The van der Waals surface area contributed by atoms with Gasteiger partial charge in [0.15, 0.2) is 0 Å². The lowest BCUT2D eigenvalue weighted by molar-refractivity contribution is 0.358. The van der Waals surface area contributed by atoms with Crippen molar-refractivity contribution in [1.82, 2.24) is 9.88 Å². The van der Waals surface area contributed by atoms with E-state index >= 15 is 0 Å². The highest BCUT2D eigenvalue weighted by atomic mass is 16.3. The van der Waals surface area contributed by atoms with Crippen LogP contribution in [0.2, 0.25) is 0 Å². The van der Waals surface area contributed by atoms with E-state index in [-0.39, 0.29) is 0 Å². The van der Waals surface area contributed by atoms with Gasteiger partial charge in [0.25, 0.3) is 0 Å². The largest absolute Gasteiger partial charge is 0.460 e. The van der Waals surface area contributed by atoms with E-state index in [4.69, 9.17) is 4.42 Å². The van der Waals surface area contributed by atoms with Gasteiger partial charge in [0, 0.05) is 17.8 Å². The van der Waals surface area contributed by atoms with E-state index in [0.29, 0.717) is 0 Å². The van der Waals surface area contributed by atoms with Gasteiger partial charge in [0.2, 0.25) is 0 Å². The number of hydrogen-bond donors (Lipinski definition) is 0. The van der Waals surface area contributed by atoms with Gasteiger partial charge in [-0.1, -0.05) is 0 Å². The standard InChI is InChI=1S/C10H12N2O/c1-12(2)7-9-5-8-6-11-4-3-10(8)13-9/h3-6H,7H2,1-2H3. The van der Waals surface area contributed by atoms with Crippen LogP contribution >= 0.6 is 0 Å². The Balaban J connectivity index is 2.38. The third-order valence-electron chi connectivity index (χ3n) is 1.84. The van der Waals surface area contributed by atoms with Crippen molar-refractivity contribution < 1.29 is 4.42 Å². The SMILES string of the molecule is CN(C)Cc1cc2cnccc2o1. The topological polar surface area (TPSA) is 29.3 Å². The second-order valence-corrected chi connectivity index (χ2v) is 3.36. The smallest absolute Gasteiger partial charge is 0.137 e. The lowest BCUT2D eigenvalue weighted by atomic mass is 10.3. The molecule has 2 aromatic heterocycles. The molecule has 0 aliphatic carbocycles. The molecule has 3 nitrogen and oxygen atoms in total. The van der Waals surface area contributed by atoms with E-state index in [1.807, 2.05) is 32.4 Å². The summed E-state index contributed by atoms with van der Waals surface area (Å²) in [4.78, 5) is 6.11. The molecule has 0 atom stereocenters. The molecule has 0 N–H and O–H groups in total. The normalized spacial score (nSPS) is 11.3. The fourth-order valence-corrected chi connectivity index (χ4v) is 1.33. The molecule has 0 unspecified atom stereocenters. The van der Waals surface area contributed by atoms with E-state index in [2.05, 4.69) is 9.88 Å². The summed E-state index contributed by atoms with van der Waals surface area (Å²) in [5.74, 6) is 0.980. The van der Waals surface area contributed by atoms with Crippen molar-refractivity contribution in [3.05, 3.63) is 30.3 Å². The Morgan fingerprint density at radius 2 is 2.31 bits per heavy atom. The Hall–Kier alpha value is -1.35. The summed E-state index contributed by atoms with van der Waals surface area (Å²) in [5, 5.41) is 1.07. The number of furan rings is 1. The van der Waals surface area contributed by atoms with E-state index in [1.54, 1.807) is 6.20 Å². The van der Waals surface area contributed by atoms with Gasteiger partial charge in [-0.3, -0.25) is 4.98 Å². The quantitative estimate of drug-likeness (QED) is 0.699. The van der Waals surface area contributed by atoms with Crippen LogP contribution in [0.15, 0.2) is 28.9 Å². The lowest BCUT2D eigenvalue weighted by Gasteiger charge is -2.04. The highest BCUT2D eigenvalue weighted by molar-refractivity contribution is 5.76. The van der Waals surface area contributed by atoms with Crippen LogP contribution in [0.1, 0.15) is 5.76 Å². The van der Waals surface area contributed by atoms with Crippen molar-refractivity contribution in [1.29, 1.82) is 0 Å². The summed E-state index contributed by atoms with van der Waals surface area (Å²) in [6.07, 6.45) is 3.56. The first kappa shape index (κ1) is 8.26. The summed E-state index contributed by atoms with van der Waals surface area (Å²) in [7, 11) is 4.04. The molecule has 0 bridgehead atoms. The summed E-state index contributed by atoms with van der Waals surface area (Å²) in [6, 6.07) is 3.91. The van der Waals surface area contributed by atoms with Crippen LogP contribution in [0.25, 0.3) is 11.0 Å². The van der Waals surface area contributed by atoms with Gasteiger partial charge in [-0.05, 0) is 26.2 Å². The van der Waals surface area contributed by atoms with Gasteiger partial charge < -0.3 is 9.32 Å². The fraction of sp³-hybridized carbons (Fsp3) is 0.300. The van der Waals surface area contributed by atoms with Crippen LogP contribution in [0.3, 0.4) is 0 Å². The van der Waals surface area contributed by atoms with Gasteiger partial charge in [-0.15, -0.1) is 0 Å². The van der Waals surface area contributed by atoms with Gasteiger partial charge in [0.1, 0.15) is 11.3 Å². The number of aromatic nitrogens is 1. The molecule has 2 aromatic rings. The molecule has 0 aliphatic rings. The Labute approximate surface area is 77.0 Å². The zero-order valence-electron chi connectivity index (χ0n) is 7.82. The Kier molecular flexibility index (Phi) is 2.02. The average molecular weight is 176 g/mol. The first-order valence-corrected chi connectivity index (χ1v) is 4.23. The third kappa shape index (κ3) is 1.70. The molecule has 2 rings (SSSR count). The van der Waals surface area contributed by atoms with E-state index in [9.17, 15) is 0 Å². The zero-order valence-corrected chi connectivity index (χ0v) is 7.82. The molecule has 0 aliphatic heterocycles. The molecular weight excluding hydrogens is 164 g/mol. The summed E-state index contributed by atoms with van der Waals surface area (Å²) in [5.41, 5.74) is 0.909. The third-order valence-corrected chi connectivity index (χ3v) is 1.84. The number of rotatable bonds is 2. The van der Waals surface area contributed by atoms with Gasteiger partial charge >= 0.3 is 0 Å². The number of nitrogens with zero attached hydrogens (tertiary/aromatic N) is 2. The van der Waals surface area contributed by atoms with Crippen LogP contribution in [-0.2, 0) is 6.54 Å². The predicted molar refractivity (Wildman–Crippen MR) is 51.4 cm³/mol. The second kappa shape index (κ2) is 3.18.